The lowest BCUT2D eigenvalue weighted by Crippen LogP contribution is -2.41. The summed E-state index contributed by atoms with van der Waals surface area (Å²) >= 11 is 0. The number of hydrogen-bond acceptors (Lipinski definition) is 2. The molecule has 0 spiro atoms. The molecule has 3 heterocycles. The van der Waals surface area contributed by atoms with Crippen LogP contribution in [-0.2, 0) is 16.1 Å². The molecule has 1 unspecified atom stereocenters. The summed E-state index contributed by atoms with van der Waals surface area (Å²) in [4.78, 5) is 30.4. The number of likely N-dealkylation sites (tertiary alicyclic amines) is 1. The quantitative estimate of drug-likeness (QED) is 0.532. The number of carbonyl (C=O) groups excluding carboxylic acids is 2. The standard InChI is InChI=1S/C24H22N4O2/c29-23-12-11-22(28(23)16-17-15-25-21-6-2-1-5-20(17)21)24(30)26-18-7-9-19(10-8-18)27-13-3-4-14-27/h1-10,13-15,22,25H,11-12,16H2,(H,26,30). The van der Waals surface area contributed by atoms with E-state index in [0.29, 0.717) is 19.4 Å². The van der Waals surface area contributed by atoms with Crippen LogP contribution in [0.3, 0.4) is 0 Å². The second-order valence-electron chi connectivity index (χ2n) is 7.56. The normalized spacial score (nSPS) is 16.3. The van der Waals surface area contributed by atoms with Gasteiger partial charge in [-0.15, -0.1) is 0 Å². The fourth-order valence-electron chi connectivity index (χ4n) is 4.10. The number of para-hydroxylation sites is 1. The predicted molar refractivity (Wildman–Crippen MR) is 116 cm³/mol. The Morgan fingerprint density at radius 3 is 2.60 bits per heavy atom. The number of aromatic amines is 1. The summed E-state index contributed by atoms with van der Waals surface area (Å²) in [6.07, 6.45) is 6.80. The number of amides is 2. The molecule has 1 aliphatic heterocycles. The molecule has 2 amide bonds. The molecule has 0 radical (unpaired) electrons. The zero-order valence-corrected chi connectivity index (χ0v) is 16.4. The number of anilines is 1. The van der Waals surface area contributed by atoms with Crippen LogP contribution < -0.4 is 5.32 Å². The van der Waals surface area contributed by atoms with Crippen molar-refractivity contribution >= 4 is 28.4 Å². The van der Waals surface area contributed by atoms with Gasteiger partial charge in [0.1, 0.15) is 6.04 Å². The number of nitrogens with zero attached hydrogens (tertiary/aromatic N) is 2. The highest BCUT2D eigenvalue weighted by Crippen LogP contribution is 2.26. The predicted octanol–water partition coefficient (Wildman–Crippen LogP) is 4.09. The number of benzene rings is 2. The zero-order valence-electron chi connectivity index (χ0n) is 16.4. The van der Waals surface area contributed by atoms with E-state index in [0.717, 1.165) is 27.8 Å². The number of aromatic nitrogens is 2. The Hall–Kier alpha value is -3.80. The first-order valence-corrected chi connectivity index (χ1v) is 10.1. The van der Waals surface area contributed by atoms with E-state index in [1.807, 2.05) is 83.8 Å². The van der Waals surface area contributed by atoms with Gasteiger partial charge in [-0.2, -0.15) is 0 Å². The lowest BCUT2D eigenvalue weighted by Gasteiger charge is -2.24. The molecule has 1 fully saturated rings. The van der Waals surface area contributed by atoms with Gasteiger partial charge in [-0.1, -0.05) is 18.2 Å². The minimum Gasteiger partial charge on any atom is -0.361 e. The minimum absolute atomic E-state index is 0.0170. The molecular weight excluding hydrogens is 376 g/mol. The van der Waals surface area contributed by atoms with Gasteiger partial charge in [0.15, 0.2) is 0 Å². The Labute approximate surface area is 174 Å². The highest BCUT2D eigenvalue weighted by atomic mass is 16.2. The van der Waals surface area contributed by atoms with Gasteiger partial charge in [-0.3, -0.25) is 9.59 Å². The van der Waals surface area contributed by atoms with Crippen molar-refractivity contribution in [2.24, 2.45) is 0 Å². The molecule has 1 saturated heterocycles. The Morgan fingerprint density at radius 2 is 1.80 bits per heavy atom. The van der Waals surface area contributed by atoms with E-state index in [4.69, 9.17) is 0 Å². The Bertz CT molecular complexity index is 1190. The van der Waals surface area contributed by atoms with Crippen molar-refractivity contribution in [3.8, 4) is 5.69 Å². The Kier molecular flexibility index (Phi) is 4.59. The molecule has 6 nitrogen and oxygen atoms in total. The third kappa shape index (κ3) is 3.37. The van der Waals surface area contributed by atoms with Gasteiger partial charge in [0.05, 0.1) is 0 Å². The first-order valence-electron chi connectivity index (χ1n) is 10.1. The fraction of sp³-hybridized carbons (Fsp3) is 0.167. The van der Waals surface area contributed by atoms with Crippen LogP contribution in [0.5, 0.6) is 0 Å². The molecule has 30 heavy (non-hydrogen) atoms. The van der Waals surface area contributed by atoms with Gasteiger partial charge in [0.2, 0.25) is 11.8 Å². The Balaban J connectivity index is 1.31. The summed E-state index contributed by atoms with van der Waals surface area (Å²) in [5.41, 5.74) is 3.80. The van der Waals surface area contributed by atoms with Gasteiger partial charge in [0, 0.05) is 53.8 Å². The average Bonchev–Trinajstić information content (AvgIpc) is 3.51. The smallest absolute Gasteiger partial charge is 0.247 e. The third-order valence-electron chi connectivity index (χ3n) is 5.68. The van der Waals surface area contributed by atoms with Gasteiger partial charge < -0.3 is 19.8 Å². The monoisotopic (exact) mass is 398 g/mol. The molecule has 0 aliphatic carbocycles. The van der Waals surface area contributed by atoms with Crippen LogP contribution in [-0.4, -0.2) is 32.3 Å². The molecule has 5 rings (SSSR count). The molecule has 2 aromatic carbocycles. The number of fused-ring (bicyclic) bond motifs is 1. The van der Waals surface area contributed by atoms with E-state index in [1.54, 1.807) is 4.90 Å². The van der Waals surface area contributed by atoms with Crippen molar-refractivity contribution in [1.82, 2.24) is 14.5 Å². The zero-order chi connectivity index (χ0) is 20.5. The van der Waals surface area contributed by atoms with Crippen molar-refractivity contribution in [2.75, 3.05) is 5.32 Å². The molecule has 0 saturated carbocycles. The van der Waals surface area contributed by atoms with Crippen LogP contribution in [0.2, 0.25) is 0 Å². The van der Waals surface area contributed by atoms with E-state index in [2.05, 4.69) is 10.3 Å². The molecule has 4 aromatic rings. The first kappa shape index (κ1) is 18.2. The number of hydrogen-bond donors (Lipinski definition) is 2. The molecule has 150 valence electrons. The topological polar surface area (TPSA) is 70.1 Å². The van der Waals surface area contributed by atoms with Crippen LogP contribution in [0, 0.1) is 0 Å². The minimum atomic E-state index is -0.463. The number of H-pyrrole nitrogens is 1. The van der Waals surface area contributed by atoms with E-state index in [-0.39, 0.29) is 11.8 Å². The Morgan fingerprint density at radius 1 is 1.03 bits per heavy atom. The molecule has 2 N–H and O–H groups in total. The van der Waals surface area contributed by atoms with Gasteiger partial charge in [0.25, 0.3) is 0 Å². The number of carbonyl (C=O) groups is 2. The van der Waals surface area contributed by atoms with Gasteiger partial charge in [-0.25, -0.2) is 0 Å². The highest BCUT2D eigenvalue weighted by Gasteiger charge is 2.36. The average molecular weight is 398 g/mol. The van der Waals surface area contributed by atoms with Crippen LogP contribution in [0.25, 0.3) is 16.6 Å². The van der Waals surface area contributed by atoms with Crippen LogP contribution in [0.1, 0.15) is 18.4 Å². The van der Waals surface area contributed by atoms with Crippen LogP contribution >= 0.6 is 0 Å². The second-order valence-corrected chi connectivity index (χ2v) is 7.56. The summed E-state index contributed by atoms with van der Waals surface area (Å²) in [5, 5.41) is 4.05. The maximum Gasteiger partial charge on any atom is 0.247 e. The molecular formula is C24H22N4O2. The summed E-state index contributed by atoms with van der Waals surface area (Å²) in [6, 6.07) is 19.1. The van der Waals surface area contributed by atoms with Gasteiger partial charge in [-0.05, 0) is 54.4 Å². The van der Waals surface area contributed by atoms with E-state index >= 15 is 0 Å². The molecule has 6 heteroatoms. The summed E-state index contributed by atoms with van der Waals surface area (Å²) < 4.78 is 2.00. The van der Waals surface area contributed by atoms with E-state index in [1.165, 1.54) is 0 Å². The summed E-state index contributed by atoms with van der Waals surface area (Å²) in [5.74, 6) is -0.127. The lowest BCUT2D eigenvalue weighted by atomic mass is 10.1. The molecule has 2 aromatic heterocycles. The highest BCUT2D eigenvalue weighted by molar-refractivity contribution is 5.99. The lowest BCUT2D eigenvalue weighted by molar-refractivity contribution is -0.133. The number of nitrogens with one attached hydrogen (secondary N) is 2. The van der Waals surface area contributed by atoms with E-state index < -0.39 is 6.04 Å². The van der Waals surface area contributed by atoms with Crippen LogP contribution in [0.15, 0.2) is 79.3 Å². The summed E-state index contributed by atoms with van der Waals surface area (Å²) in [6.45, 7) is 0.424. The van der Waals surface area contributed by atoms with Crippen molar-refractivity contribution < 1.29 is 9.59 Å². The van der Waals surface area contributed by atoms with Crippen molar-refractivity contribution in [3.05, 3.63) is 84.8 Å². The van der Waals surface area contributed by atoms with Crippen molar-refractivity contribution in [2.45, 2.75) is 25.4 Å². The largest absolute Gasteiger partial charge is 0.361 e. The molecule has 1 atom stereocenters. The fourth-order valence-corrected chi connectivity index (χ4v) is 4.10. The van der Waals surface area contributed by atoms with Crippen molar-refractivity contribution in [3.63, 3.8) is 0 Å². The third-order valence-corrected chi connectivity index (χ3v) is 5.68. The summed E-state index contributed by atoms with van der Waals surface area (Å²) in [7, 11) is 0. The van der Waals surface area contributed by atoms with E-state index in [9.17, 15) is 9.59 Å². The molecule has 1 aliphatic rings. The van der Waals surface area contributed by atoms with Crippen LogP contribution in [0.4, 0.5) is 5.69 Å². The number of rotatable bonds is 5. The van der Waals surface area contributed by atoms with Crippen molar-refractivity contribution in [1.29, 1.82) is 0 Å². The SMILES string of the molecule is O=C(Nc1ccc(-n2cccc2)cc1)C1CCC(=O)N1Cc1c[nH]c2ccccc12. The second kappa shape index (κ2) is 7.55. The van der Waals surface area contributed by atoms with Gasteiger partial charge >= 0.3 is 0 Å². The first-order chi connectivity index (χ1) is 14.7. The maximum atomic E-state index is 13.0. The molecule has 0 bridgehead atoms. The maximum absolute atomic E-state index is 13.0.